The Morgan fingerprint density at radius 3 is 2.55 bits per heavy atom. The van der Waals surface area contributed by atoms with E-state index in [2.05, 4.69) is 49.7 Å². The van der Waals surface area contributed by atoms with Gasteiger partial charge in [-0.1, -0.05) is 32.4 Å². The second kappa shape index (κ2) is 5.96. The number of hydrogen-bond acceptors (Lipinski definition) is 4. The molecule has 0 N–H and O–H groups in total. The molecule has 0 saturated carbocycles. The van der Waals surface area contributed by atoms with E-state index in [-0.39, 0.29) is 11.5 Å². The van der Waals surface area contributed by atoms with Gasteiger partial charge in [0.15, 0.2) is 0 Å². The van der Waals surface area contributed by atoms with Crippen LogP contribution in [0.2, 0.25) is 5.15 Å². The van der Waals surface area contributed by atoms with Gasteiger partial charge in [-0.2, -0.15) is 0 Å². The van der Waals surface area contributed by atoms with E-state index >= 15 is 0 Å². The third-order valence-corrected chi connectivity index (χ3v) is 4.04. The van der Waals surface area contributed by atoms with Gasteiger partial charge >= 0.3 is 0 Å². The lowest BCUT2D eigenvalue weighted by Gasteiger charge is -2.27. The molecule has 0 amide bonds. The van der Waals surface area contributed by atoms with Crippen molar-refractivity contribution >= 4 is 11.6 Å². The maximum Gasteiger partial charge on any atom is 0.148 e. The molecule has 1 atom stereocenters. The van der Waals surface area contributed by atoms with Crippen molar-refractivity contribution in [2.24, 2.45) is 0 Å². The van der Waals surface area contributed by atoms with Crippen LogP contribution >= 0.6 is 11.6 Å². The van der Waals surface area contributed by atoms with Crippen LogP contribution in [0.5, 0.6) is 0 Å². The molecule has 5 heteroatoms. The van der Waals surface area contributed by atoms with Crippen LogP contribution in [0.4, 0.5) is 0 Å². The van der Waals surface area contributed by atoms with Gasteiger partial charge in [0, 0.05) is 12.0 Å². The number of nitrogens with zero attached hydrogens (tertiary/aromatic N) is 4. The average molecular weight is 297 g/mol. The second-order valence-corrected chi connectivity index (χ2v) is 7.18. The molecule has 0 aromatic carbocycles. The minimum Gasteiger partial charge on any atom is -0.304 e. The summed E-state index contributed by atoms with van der Waals surface area (Å²) < 4.78 is 0. The first-order valence-corrected chi connectivity index (χ1v) is 7.59. The van der Waals surface area contributed by atoms with E-state index in [9.17, 15) is 0 Å². The molecule has 0 spiro atoms. The highest BCUT2D eigenvalue weighted by molar-refractivity contribution is 6.29. The zero-order valence-corrected chi connectivity index (χ0v) is 13.9. The van der Waals surface area contributed by atoms with Gasteiger partial charge in [-0.05, 0) is 39.7 Å². The van der Waals surface area contributed by atoms with Crippen molar-refractivity contribution < 1.29 is 0 Å². The average Bonchev–Trinajstić information content (AvgIpc) is 2.49. The SMILES string of the molecule is CN1CCCN(C)C(c2nc(Cl)cc(C(C)(C)C)n2)C1. The van der Waals surface area contributed by atoms with E-state index in [1.807, 2.05) is 6.07 Å². The Kier molecular flexibility index (Phi) is 4.67. The standard InChI is InChI=1S/C15H25ClN4/c1-15(2,3)12-9-13(16)18-14(17-12)11-10-19(4)7-6-8-20(11)5/h9,11H,6-8,10H2,1-5H3. The molecule has 1 unspecified atom stereocenters. The Balaban J connectivity index is 2.37. The van der Waals surface area contributed by atoms with Crippen molar-refractivity contribution in [1.82, 2.24) is 19.8 Å². The van der Waals surface area contributed by atoms with Crippen molar-refractivity contribution in [3.8, 4) is 0 Å². The smallest absolute Gasteiger partial charge is 0.148 e. The maximum absolute atomic E-state index is 6.22. The first kappa shape index (κ1) is 15.7. The summed E-state index contributed by atoms with van der Waals surface area (Å²) in [6.07, 6.45) is 1.18. The van der Waals surface area contributed by atoms with Gasteiger partial charge in [0.25, 0.3) is 0 Å². The Bertz CT molecular complexity index is 469. The van der Waals surface area contributed by atoms with Crippen LogP contribution in [0.1, 0.15) is 44.8 Å². The van der Waals surface area contributed by atoms with Crippen LogP contribution in [0, 0.1) is 0 Å². The molecule has 2 rings (SSSR count). The summed E-state index contributed by atoms with van der Waals surface area (Å²) in [7, 11) is 4.30. The molecule has 2 heterocycles. The van der Waals surface area contributed by atoms with E-state index in [0.29, 0.717) is 5.15 Å². The monoisotopic (exact) mass is 296 g/mol. The Labute approximate surface area is 127 Å². The molecule has 1 fully saturated rings. The molecule has 1 aromatic rings. The van der Waals surface area contributed by atoms with E-state index in [1.165, 1.54) is 6.42 Å². The summed E-state index contributed by atoms with van der Waals surface area (Å²) >= 11 is 6.22. The molecular formula is C15H25ClN4. The van der Waals surface area contributed by atoms with E-state index < -0.39 is 0 Å². The summed E-state index contributed by atoms with van der Waals surface area (Å²) in [6, 6.07) is 2.09. The van der Waals surface area contributed by atoms with E-state index in [0.717, 1.165) is 31.2 Å². The first-order valence-electron chi connectivity index (χ1n) is 7.21. The topological polar surface area (TPSA) is 32.3 Å². The van der Waals surface area contributed by atoms with Crippen molar-refractivity contribution in [1.29, 1.82) is 0 Å². The van der Waals surface area contributed by atoms with Crippen LogP contribution in [-0.4, -0.2) is 53.5 Å². The normalized spacial score (nSPS) is 22.8. The highest BCUT2D eigenvalue weighted by Crippen LogP contribution is 2.26. The van der Waals surface area contributed by atoms with Crippen molar-refractivity contribution in [3.05, 3.63) is 22.7 Å². The zero-order valence-electron chi connectivity index (χ0n) is 13.1. The zero-order chi connectivity index (χ0) is 14.9. The fraction of sp³-hybridized carbons (Fsp3) is 0.733. The minimum atomic E-state index is -0.0173. The third kappa shape index (κ3) is 3.68. The molecule has 0 aliphatic carbocycles. The number of aromatic nitrogens is 2. The molecule has 1 aliphatic heterocycles. The van der Waals surface area contributed by atoms with Crippen molar-refractivity contribution in [2.75, 3.05) is 33.7 Å². The van der Waals surface area contributed by atoms with Gasteiger partial charge in [0.2, 0.25) is 0 Å². The largest absolute Gasteiger partial charge is 0.304 e. The summed E-state index contributed by atoms with van der Waals surface area (Å²) in [4.78, 5) is 14.0. The third-order valence-electron chi connectivity index (χ3n) is 3.85. The highest BCUT2D eigenvalue weighted by Gasteiger charge is 2.26. The van der Waals surface area contributed by atoms with Crippen LogP contribution in [0.25, 0.3) is 0 Å². The molecule has 1 aromatic heterocycles. The first-order chi connectivity index (χ1) is 9.27. The van der Waals surface area contributed by atoms with Gasteiger partial charge < -0.3 is 4.90 Å². The molecule has 4 nitrogen and oxygen atoms in total. The lowest BCUT2D eigenvalue weighted by molar-refractivity contribution is 0.219. The van der Waals surface area contributed by atoms with Gasteiger partial charge in [0.1, 0.15) is 11.0 Å². The highest BCUT2D eigenvalue weighted by atomic mass is 35.5. The predicted molar refractivity (Wildman–Crippen MR) is 83.2 cm³/mol. The Morgan fingerprint density at radius 1 is 1.20 bits per heavy atom. The summed E-state index contributed by atoms with van der Waals surface area (Å²) in [5.74, 6) is 0.846. The van der Waals surface area contributed by atoms with Gasteiger partial charge in [0.05, 0.1) is 11.7 Å². The lowest BCUT2D eigenvalue weighted by Crippen LogP contribution is -2.32. The van der Waals surface area contributed by atoms with E-state index in [1.54, 1.807) is 0 Å². The van der Waals surface area contributed by atoms with Crippen molar-refractivity contribution in [3.63, 3.8) is 0 Å². The minimum absolute atomic E-state index is 0.0173. The quantitative estimate of drug-likeness (QED) is 0.746. The number of rotatable bonds is 1. The molecule has 0 bridgehead atoms. The molecule has 0 radical (unpaired) electrons. The molecule has 1 aliphatic rings. The Hall–Kier alpha value is -0.710. The van der Waals surface area contributed by atoms with Crippen LogP contribution in [0.3, 0.4) is 0 Å². The van der Waals surface area contributed by atoms with Crippen LogP contribution < -0.4 is 0 Å². The Morgan fingerprint density at radius 2 is 1.90 bits per heavy atom. The van der Waals surface area contributed by atoms with Crippen molar-refractivity contribution in [2.45, 2.75) is 38.6 Å². The maximum atomic E-state index is 6.22. The number of halogens is 1. The molecule has 1 saturated heterocycles. The second-order valence-electron chi connectivity index (χ2n) is 6.80. The number of hydrogen-bond donors (Lipinski definition) is 0. The molecule has 20 heavy (non-hydrogen) atoms. The summed E-state index contributed by atoms with van der Waals surface area (Å²) in [5, 5.41) is 0.542. The van der Waals surface area contributed by atoms with Gasteiger partial charge in [-0.3, -0.25) is 4.90 Å². The van der Waals surface area contributed by atoms with Crippen LogP contribution in [-0.2, 0) is 5.41 Å². The van der Waals surface area contributed by atoms with Gasteiger partial charge in [-0.25, -0.2) is 9.97 Å². The lowest BCUT2D eigenvalue weighted by atomic mass is 9.92. The molecule has 112 valence electrons. The number of likely N-dealkylation sites (N-methyl/N-ethyl adjacent to an activating group) is 2. The fourth-order valence-electron chi connectivity index (χ4n) is 2.52. The van der Waals surface area contributed by atoms with Crippen LogP contribution in [0.15, 0.2) is 6.07 Å². The predicted octanol–water partition coefficient (Wildman–Crippen LogP) is 2.74. The molecular weight excluding hydrogens is 272 g/mol. The fourth-order valence-corrected chi connectivity index (χ4v) is 2.71. The summed E-state index contributed by atoms with van der Waals surface area (Å²) in [5.41, 5.74) is 0.990. The van der Waals surface area contributed by atoms with Gasteiger partial charge in [-0.15, -0.1) is 0 Å². The summed E-state index contributed by atoms with van der Waals surface area (Å²) in [6.45, 7) is 9.58. The van der Waals surface area contributed by atoms with E-state index in [4.69, 9.17) is 16.6 Å².